The Morgan fingerprint density at radius 3 is 3.11 bits per heavy atom. The van der Waals surface area contributed by atoms with Gasteiger partial charge in [-0.1, -0.05) is 0 Å². The van der Waals surface area contributed by atoms with E-state index in [1.54, 1.807) is 23.5 Å². The molecule has 0 saturated heterocycles. The molecule has 94 valence electrons. The van der Waals surface area contributed by atoms with Gasteiger partial charge in [-0.25, -0.2) is 0 Å². The summed E-state index contributed by atoms with van der Waals surface area (Å²) in [5, 5.41) is 16.2. The van der Waals surface area contributed by atoms with E-state index in [0.29, 0.717) is 5.56 Å². The number of carbonyl (C=O) groups excluding carboxylic acids is 1. The Morgan fingerprint density at radius 1 is 1.56 bits per heavy atom. The molecule has 0 aliphatic carbocycles. The van der Waals surface area contributed by atoms with Crippen molar-refractivity contribution < 1.29 is 14.3 Å². The highest BCUT2D eigenvalue weighted by Crippen LogP contribution is 2.11. The van der Waals surface area contributed by atoms with Crippen LogP contribution in [0, 0.1) is 0 Å². The second-order valence-electron chi connectivity index (χ2n) is 3.71. The third kappa shape index (κ3) is 3.58. The number of hydrogen-bond donors (Lipinski definition) is 2. The lowest BCUT2D eigenvalue weighted by Gasteiger charge is -2.08. The van der Waals surface area contributed by atoms with Crippen molar-refractivity contribution in [2.24, 2.45) is 0 Å². The van der Waals surface area contributed by atoms with E-state index in [1.807, 2.05) is 16.8 Å². The zero-order valence-corrected chi connectivity index (χ0v) is 10.4. The van der Waals surface area contributed by atoms with Crippen molar-refractivity contribution >= 4 is 23.3 Å². The molecule has 18 heavy (non-hydrogen) atoms. The summed E-state index contributed by atoms with van der Waals surface area (Å²) in [6, 6.07) is 3.59. The van der Waals surface area contributed by atoms with Gasteiger partial charge in [0.15, 0.2) is 0 Å². The summed E-state index contributed by atoms with van der Waals surface area (Å²) in [6.07, 6.45) is 5.37. The van der Waals surface area contributed by atoms with Gasteiger partial charge in [-0.15, -0.1) is 0 Å². The fraction of sp³-hybridized carbons (Fsp3) is 0.154. The molecule has 2 rings (SSSR count). The smallest absolute Gasteiger partial charge is 0.244 e. The lowest BCUT2D eigenvalue weighted by Crippen LogP contribution is -2.26. The third-order valence-corrected chi connectivity index (χ3v) is 3.07. The molecule has 4 nitrogen and oxygen atoms in total. The summed E-state index contributed by atoms with van der Waals surface area (Å²) in [4.78, 5) is 11.5. The Hall–Kier alpha value is -1.85. The van der Waals surface area contributed by atoms with Crippen molar-refractivity contribution in [3.05, 3.63) is 52.6 Å². The van der Waals surface area contributed by atoms with Crippen molar-refractivity contribution in [1.29, 1.82) is 0 Å². The molecule has 1 atom stereocenters. The molecule has 0 radical (unpaired) electrons. The molecule has 0 aromatic carbocycles. The number of carbonyl (C=O) groups is 1. The summed E-state index contributed by atoms with van der Waals surface area (Å²) >= 11 is 1.57. The van der Waals surface area contributed by atoms with Crippen LogP contribution in [0.3, 0.4) is 0 Å². The number of thiophene rings is 1. The summed E-state index contributed by atoms with van der Waals surface area (Å²) < 4.78 is 4.85. The van der Waals surface area contributed by atoms with Crippen LogP contribution in [0.15, 0.2) is 45.9 Å². The highest BCUT2D eigenvalue weighted by atomic mass is 32.1. The van der Waals surface area contributed by atoms with E-state index in [9.17, 15) is 9.90 Å². The van der Waals surface area contributed by atoms with Crippen molar-refractivity contribution in [3.63, 3.8) is 0 Å². The molecule has 0 aliphatic rings. The maximum Gasteiger partial charge on any atom is 0.244 e. The molecular weight excluding hydrogens is 250 g/mol. The second-order valence-corrected chi connectivity index (χ2v) is 4.49. The van der Waals surface area contributed by atoms with Crippen molar-refractivity contribution in [1.82, 2.24) is 5.32 Å². The van der Waals surface area contributed by atoms with Gasteiger partial charge in [0.25, 0.3) is 0 Å². The molecule has 0 bridgehead atoms. The van der Waals surface area contributed by atoms with Gasteiger partial charge in [0.2, 0.25) is 5.91 Å². The standard InChI is InChI=1S/C13H13NO3S/c15-12(11-3-5-17-8-11)7-14-13(16)2-1-10-4-6-18-9-10/h1-6,8-9,12,15H,7H2,(H,14,16)/b2-1+/t12-/m1/s1. The number of nitrogens with one attached hydrogen (secondary N) is 1. The molecule has 0 fully saturated rings. The van der Waals surface area contributed by atoms with E-state index < -0.39 is 6.10 Å². The topological polar surface area (TPSA) is 62.5 Å². The van der Waals surface area contributed by atoms with Crippen LogP contribution in [-0.2, 0) is 4.79 Å². The predicted molar refractivity (Wildman–Crippen MR) is 70.0 cm³/mol. The number of hydrogen-bond acceptors (Lipinski definition) is 4. The first-order valence-electron chi connectivity index (χ1n) is 5.44. The number of aliphatic hydroxyl groups is 1. The monoisotopic (exact) mass is 263 g/mol. The minimum absolute atomic E-state index is 0.159. The van der Waals surface area contributed by atoms with Crippen LogP contribution in [0.4, 0.5) is 0 Å². The predicted octanol–water partition coefficient (Wildman–Crippen LogP) is 2.20. The lowest BCUT2D eigenvalue weighted by atomic mass is 10.2. The summed E-state index contributed by atoms with van der Waals surface area (Å²) in [6.45, 7) is 0.159. The molecule has 1 amide bonds. The Kier molecular flexibility index (Phi) is 4.33. The van der Waals surface area contributed by atoms with Gasteiger partial charge in [0.05, 0.1) is 18.6 Å². The Balaban J connectivity index is 1.78. The highest BCUT2D eigenvalue weighted by Gasteiger charge is 2.09. The van der Waals surface area contributed by atoms with Crippen LogP contribution in [0.2, 0.25) is 0 Å². The van der Waals surface area contributed by atoms with Gasteiger partial charge in [-0.3, -0.25) is 4.79 Å². The molecule has 0 aliphatic heterocycles. The van der Waals surface area contributed by atoms with E-state index in [1.165, 1.54) is 18.6 Å². The molecule has 5 heteroatoms. The third-order valence-electron chi connectivity index (χ3n) is 2.37. The van der Waals surface area contributed by atoms with E-state index in [0.717, 1.165) is 5.56 Å². The average molecular weight is 263 g/mol. The lowest BCUT2D eigenvalue weighted by molar-refractivity contribution is -0.116. The maximum atomic E-state index is 11.5. The molecule has 0 saturated carbocycles. The van der Waals surface area contributed by atoms with Crippen LogP contribution in [0.25, 0.3) is 6.08 Å². The van der Waals surface area contributed by atoms with E-state index >= 15 is 0 Å². The molecule has 2 heterocycles. The van der Waals surface area contributed by atoms with Crippen LogP contribution >= 0.6 is 11.3 Å². The van der Waals surface area contributed by atoms with Crippen LogP contribution < -0.4 is 5.32 Å². The first-order chi connectivity index (χ1) is 8.75. The van der Waals surface area contributed by atoms with Crippen molar-refractivity contribution in [2.75, 3.05) is 6.54 Å². The minimum Gasteiger partial charge on any atom is -0.472 e. The summed E-state index contributed by atoms with van der Waals surface area (Å²) in [5.41, 5.74) is 1.64. The SMILES string of the molecule is O=C(/C=C/c1ccsc1)NC[C@@H](O)c1ccoc1. The number of rotatable bonds is 5. The first kappa shape index (κ1) is 12.6. The molecule has 0 spiro atoms. The van der Waals surface area contributed by atoms with E-state index in [-0.39, 0.29) is 12.5 Å². The minimum atomic E-state index is -0.748. The quantitative estimate of drug-likeness (QED) is 0.813. The van der Waals surface area contributed by atoms with Crippen LogP contribution in [0.5, 0.6) is 0 Å². The summed E-state index contributed by atoms with van der Waals surface area (Å²) in [7, 11) is 0. The number of aliphatic hydroxyl groups excluding tert-OH is 1. The molecule has 0 unspecified atom stereocenters. The first-order valence-corrected chi connectivity index (χ1v) is 6.38. The second kappa shape index (κ2) is 6.18. The largest absolute Gasteiger partial charge is 0.472 e. The van der Waals surface area contributed by atoms with Gasteiger partial charge in [-0.2, -0.15) is 11.3 Å². The fourth-order valence-corrected chi connectivity index (χ4v) is 2.01. The van der Waals surface area contributed by atoms with E-state index in [2.05, 4.69) is 5.32 Å². The van der Waals surface area contributed by atoms with Crippen molar-refractivity contribution in [3.8, 4) is 0 Å². The fourth-order valence-electron chi connectivity index (χ4n) is 1.38. The zero-order chi connectivity index (χ0) is 12.8. The Bertz CT molecular complexity index is 502. The summed E-state index contributed by atoms with van der Waals surface area (Å²) in [5.74, 6) is -0.233. The molecule has 2 aromatic rings. The Morgan fingerprint density at radius 2 is 2.44 bits per heavy atom. The normalized spacial score (nSPS) is 12.7. The molecule has 2 N–H and O–H groups in total. The zero-order valence-electron chi connectivity index (χ0n) is 9.58. The van der Waals surface area contributed by atoms with Gasteiger partial charge < -0.3 is 14.8 Å². The number of furan rings is 1. The van der Waals surface area contributed by atoms with Gasteiger partial charge >= 0.3 is 0 Å². The maximum absolute atomic E-state index is 11.5. The van der Waals surface area contributed by atoms with Gasteiger partial charge in [0.1, 0.15) is 0 Å². The van der Waals surface area contributed by atoms with E-state index in [4.69, 9.17) is 4.42 Å². The van der Waals surface area contributed by atoms with Gasteiger partial charge in [0, 0.05) is 18.2 Å². The Labute approximate surface area is 109 Å². The van der Waals surface area contributed by atoms with Gasteiger partial charge in [-0.05, 0) is 34.5 Å². The van der Waals surface area contributed by atoms with Crippen molar-refractivity contribution in [2.45, 2.75) is 6.10 Å². The van der Waals surface area contributed by atoms with Crippen LogP contribution in [0.1, 0.15) is 17.2 Å². The molecule has 2 aromatic heterocycles. The number of amides is 1. The molecular formula is C13H13NO3S. The highest BCUT2D eigenvalue weighted by molar-refractivity contribution is 7.08. The average Bonchev–Trinajstić information content (AvgIpc) is 3.05. The van der Waals surface area contributed by atoms with Crippen LogP contribution in [-0.4, -0.2) is 17.6 Å².